The number of phenols is 1. The van der Waals surface area contributed by atoms with Crippen molar-refractivity contribution in [1.82, 2.24) is 25.1 Å². The lowest BCUT2D eigenvalue weighted by atomic mass is 9.98. The first-order valence-electron chi connectivity index (χ1n) is 14.6. The quantitative estimate of drug-likeness (QED) is 0.421. The predicted octanol–water partition coefficient (Wildman–Crippen LogP) is 3.42. The number of nitrogens with one attached hydrogen (secondary N) is 1. The molecule has 2 N–H and O–H groups in total. The lowest BCUT2D eigenvalue weighted by Gasteiger charge is -2.54. The maximum absolute atomic E-state index is 14.2. The number of amides is 4. The second-order valence-corrected chi connectivity index (χ2v) is 11.5. The van der Waals surface area contributed by atoms with E-state index in [0.29, 0.717) is 13.1 Å². The van der Waals surface area contributed by atoms with E-state index in [1.54, 1.807) is 51.1 Å². The molecule has 10 nitrogen and oxygen atoms in total. The number of urea groups is 1. The zero-order valence-corrected chi connectivity index (χ0v) is 25.2. The summed E-state index contributed by atoms with van der Waals surface area (Å²) >= 11 is 0. The fraction of sp³-hybridized carbons (Fsp3) is 0.364. The van der Waals surface area contributed by atoms with E-state index in [1.807, 2.05) is 61.6 Å². The molecule has 43 heavy (non-hydrogen) atoms. The summed E-state index contributed by atoms with van der Waals surface area (Å²) in [5, 5.41) is 16.0. The highest BCUT2D eigenvalue weighted by molar-refractivity contribution is 5.91. The van der Waals surface area contributed by atoms with Crippen LogP contribution in [-0.4, -0.2) is 88.2 Å². The van der Waals surface area contributed by atoms with Gasteiger partial charge in [-0.25, -0.2) is 14.8 Å². The summed E-state index contributed by atoms with van der Waals surface area (Å²) < 4.78 is 0. The second-order valence-electron chi connectivity index (χ2n) is 11.5. The molecule has 2 atom stereocenters. The van der Waals surface area contributed by atoms with Crippen LogP contribution in [0.15, 0.2) is 78.9 Å². The first-order chi connectivity index (χ1) is 20.6. The Hall–Kier alpha value is -4.57. The molecule has 4 amide bonds. The highest BCUT2D eigenvalue weighted by atomic mass is 16.3. The van der Waals surface area contributed by atoms with Crippen molar-refractivity contribution in [3.05, 3.63) is 95.6 Å². The Morgan fingerprint density at radius 2 is 1.65 bits per heavy atom. The Bertz CT molecular complexity index is 1450. The second kappa shape index (κ2) is 12.7. The third-order valence-electron chi connectivity index (χ3n) is 8.31. The van der Waals surface area contributed by atoms with Gasteiger partial charge in [-0.2, -0.15) is 0 Å². The predicted molar refractivity (Wildman–Crippen MR) is 165 cm³/mol. The van der Waals surface area contributed by atoms with Gasteiger partial charge in [0.15, 0.2) is 0 Å². The number of para-hydroxylation sites is 1. The minimum absolute atomic E-state index is 0.0311. The van der Waals surface area contributed by atoms with Gasteiger partial charge in [-0.1, -0.05) is 60.7 Å². The van der Waals surface area contributed by atoms with Crippen molar-refractivity contribution in [1.29, 1.82) is 0 Å². The lowest BCUT2D eigenvalue weighted by molar-refractivity contribution is -0.187. The van der Waals surface area contributed by atoms with Crippen LogP contribution in [0.4, 0.5) is 10.5 Å². The largest absolute Gasteiger partial charge is 0.508 e. The van der Waals surface area contributed by atoms with Gasteiger partial charge in [0.25, 0.3) is 0 Å². The summed E-state index contributed by atoms with van der Waals surface area (Å²) in [5.74, 6) is -0.258. The van der Waals surface area contributed by atoms with Crippen LogP contribution in [0.5, 0.6) is 5.75 Å². The van der Waals surface area contributed by atoms with Crippen LogP contribution in [-0.2, 0) is 29.1 Å². The molecule has 2 aliphatic rings. The van der Waals surface area contributed by atoms with Gasteiger partial charge < -0.3 is 25.1 Å². The molecule has 2 aliphatic heterocycles. The Morgan fingerprint density at radius 1 is 0.977 bits per heavy atom. The molecule has 226 valence electrons. The molecule has 3 aromatic carbocycles. The molecule has 0 saturated carbocycles. The normalized spacial score (nSPS) is 19.0. The fourth-order valence-electron chi connectivity index (χ4n) is 5.83. The number of aromatic hydroxyl groups is 1. The van der Waals surface area contributed by atoms with Crippen molar-refractivity contribution in [3.8, 4) is 5.75 Å². The van der Waals surface area contributed by atoms with Gasteiger partial charge in [-0.15, -0.1) is 0 Å². The number of rotatable bonds is 8. The monoisotopic (exact) mass is 584 g/mol. The summed E-state index contributed by atoms with van der Waals surface area (Å²) in [4.78, 5) is 47.0. The van der Waals surface area contributed by atoms with Gasteiger partial charge in [0.05, 0.1) is 13.1 Å². The number of hydrogen-bond acceptors (Lipinski definition) is 6. The SMILES string of the molecule is CC(C)N(C)c1ccccc1CN1C[C@H]2N(C(=O)CN(C)N2C(=O)NCc2ccccc2)[C@@H](Cc2ccc(O)cc2)C1=O. The zero-order chi connectivity index (χ0) is 30.7. The molecule has 2 heterocycles. The van der Waals surface area contributed by atoms with Crippen LogP contribution in [0, 0.1) is 0 Å². The zero-order valence-electron chi connectivity index (χ0n) is 25.2. The highest BCUT2D eigenvalue weighted by Crippen LogP contribution is 2.31. The van der Waals surface area contributed by atoms with E-state index in [0.717, 1.165) is 22.4 Å². The van der Waals surface area contributed by atoms with Crippen molar-refractivity contribution in [2.45, 2.75) is 51.6 Å². The molecule has 10 heteroatoms. The smallest absolute Gasteiger partial charge is 0.334 e. The van der Waals surface area contributed by atoms with Crippen molar-refractivity contribution in [2.24, 2.45) is 0 Å². The van der Waals surface area contributed by atoms with E-state index in [4.69, 9.17) is 0 Å². The standard InChI is InChI=1S/C33H40N6O4/c1-23(2)36(4)28-13-9-8-12-26(28)20-37-21-30-38(29(32(37)42)18-24-14-16-27(40)17-15-24)31(41)22-35(3)39(30)33(43)34-19-25-10-6-5-7-11-25/h5-17,23,29-30,40H,18-22H2,1-4H3,(H,34,43)/t29-,30-/m0/s1. The first-order valence-corrected chi connectivity index (χ1v) is 14.6. The van der Waals surface area contributed by atoms with Crippen molar-refractivity contribution in [2.75, 3.05) is 32.1 Å². The molecule has 0 radical (unpaired) electrons. The molecule has 3 aromatic rings. The number of nitrogens with zero attached hydrogens (tertiary/aromatic N) is 5. The minimum Gasteiger partial charge on any atom is -0.508 e. The maximum Gasteiger partial charge on any atom is 0.334 e. The van der Waals surface area contributed by atoms with Gasteiger partial charge in [-0.05, 0) is 48.7 Å². The summed E-state index contributed by atoms with van der Waals surface area (Å²) in [5.41, 5.74) is 3.78. The van der Waals surface area contributed by atoms with Gasteiger partial charge in [0.2, 0.25) is 11.8 Å². The third-order valence-corrected chi connectivity index (χ3v) is 8.31. The molecule has 0 spiro atoms. The molecule has 0 aromatic heterocycles. The Kier molecular flexibility index (Phi) is 8.86. The van der Waals surface area contributed by atoms with Crippen LogP contribution in [0.1, 0.15) is 30.5 Å². The number of anilines is 1. The fourth-order valence-corrected chi connectivity index (χ4v) is 5.83. The molecule has 0 unspecified atom stereocenters. The lowest BCUT2D eigenvalue weighted by Crippen LogP contribution is -2.76. The maximum atomic E-state index is 14.2. The molecule has 0 aliphatic carbocycles. The average Bonchev–Trinajstić information content (AvgIpc) is 2.99. The number of carbonyl (C=O) groups is 3. The van der Waals surface area contributed by atoms with E-state index in [2.05, 4.69) is 24.1 Å². The van der Waals surface area contributed by atoms with E-state index >= 15 is 0 Å². The molecular formula is C33H40N6O4. The van der Waals surface area contributed by atoms with E-state index in [9.17, 15) is 19.5 Å². The van der Waals surface area contributed by atoms with Gasteiger partial charge in [0, 0.05) is 45.3 Å². The number of piperazine rings is 1. The summed E-state index contributed by atoms with van der Waals surface area (Å²) in [6, 6.07) is 23.4. The van der Waals surface area contributed by atoms with Crippen LogP contribution >= 0.6 is 0 Å². The number of phenolic OH excluding ortho intramolecular Hbond substituents is 1. The van der Waals surface area contributed by atoms with E-state index < -0.39 is 12.2 Å². The minimum atomic E-state index is -0.816. The highest BCUT2D eigenvalue weighted by Gasteiger charge is 2.50. The van der Waals surface area contributed by atoms with E-state index in [-0.39, 0.29) is 49.1 Å². The number of benzene rings is 3. The van der Waals surface area contributed by atoms with Crippen molar-refractivity contribution < 1.29 is 19.5 Å². The molecular weight excluding hydrogens is 544 g/mol. The topological polar surface area (TPSA) is 99.7 Å². The number of hydrogen-bond donors (Lipinski definition) is 2. The van der Waals surface area contributed by atoms with Crippen LogP contribution < -0.4 is 10.2 Å². The Labute approximate surface area is 253 Å². The number of fused-ring (bicyclic) bond motifs is 1. The first kappa shape index (κ1) is 29.9. The molecule has 2 fully saturated rings. The summed E-state index contributed by atoms with van der Waals surface area (Å²) in [7, 11) is 3.75. The number of carbonyl (C=O) groups excluding carboxylic acids is 3. The van der Waals surface area contributed by atoms with Gasteiger partial charge >= 0.3 is 6.03 Å². The number of hydrazine groups is 1. The van der Waals surface area contributed by atoms with E-state index in [1.165, 1.54) is 0 Å². The molecule has 5 rings (SSSR count). The van der Waals surface area contributed by atoms with Crippen molar-refractivity contribution in [3.63, 3.8) is 0 Å². The Morgan fingerprint density at radius 3 is 2.35 bits per heavy atom. The summed E-state index contributed by atoms with van der Waals surface area (Å²) in [6.07, 6.45) is -0.439. The Balaban J connectivity index is 1.48. The van der Waals surface area contributed by atoms with Gasteiger partial charge in [0.1, 0.15) is 18.0 Å². The average molecular weight is 585 g/mol. The van der Waals surface area contributed by atoms with Crippen LogP contribution in [0.25, 0.3) is 0 Å². The molecule has 0 bridgehead atoms. The van der Waals surface area contributed by atoms with Crippen LogP contribution in [0.3, 0.4) is 0 Å². The van der Waals surface area contributed by atoms with Crippen LogP contribution in [0.2, 0.25) is 0 Å². The van der Waals surface area contributed by atoms with Crippen molar-refractivity contribution >= 4 is 23.5 Å². The van der Waals surface area contributed by atoms with Gasteiger partial charge in [-0.3, -0.25) is 9.59 Å². The molecule has 2 saturated heterocycles. The summed E-state index contributed by atoms with van der Waals surface area (Å²) in [6.45, 7) is 5.03. The number of likely N-dealkylation sites (N-methyl/N-ethyl adjacent to an activating group) is 1. The third kappa shape index (κ3) is 6.44.